The molecule has 0 aliphatic carbocycles. The van der Waals surface area contributed by atoms with Crippen LogP contribution in [0.25, 0.3) is 0 Å². The molecule has 1 aromatic carbocycles. The number of benzene rings is 1. The number of aryl methyl sites for hydroxylation is 1. The minimum Gasteiger partial charge on any atom is -0.337 e. The van der Waals surface area contributed by atoms with Crippen molar-refractivity contribution in [1.82, 2.24) is 4.90 Å². The van der Waals surface area contributed by atoms with Crippen molar-refractivity contribution in [3.8, 4) is 0 Å². The van der Waals surface area contributed by atoms with Crippen LogP contribution in [0.5, 0.6) is 0 Å². The van der Waals surface area contributed by atoms with Crippen LogP contribution in [-0.4, -0.2) is 27.7 Å². The maximum absolute atomic E-state index is 12.5. The predicted octanol–water partition coefficient (Wildman–Crippen LogP) is 3.93. The number of nitrogens with zero attached hydrogens (tertiary/aromatic N) is 1. The van der Waals surface area contributed by atoms with E-state index >= 15 is 0 Å². The Balaban J connectivity index is 1.50. The molecule has 0 radical (unpaired) electrons. The molecule has 1 aromatic rings. The van der Waals surface area contributed by atoms with E-state index in [9.17, 15) is 4.79 Å². The third-order valence-corrected chi connectivity index (χ3v) is 5.41. The second-order valence-electron chi connectivity index (χ2n) is 6.09. The molecule has 0 spiro atoms. The van der Waals surface area contributed by atoms with Gasteiger partial charge in [0.2, 0.25) is 5.91 Å². The highest BCUT2D eigenvalue weighted by Crippen LogP contribution is 2.38. The molecular weight excluding hydrogens is 314 g/mol. The van der Waals surface area contributed by atoms with Gasteiger partial charge < -0.3 is 4.90 Å². The first kappa shape index (κ1) is 14.1. The Morgan fingerprint density at radius 3 is 2.45 bits per heavy atom. The van der Waals surface area contributed by atoms with Crippen molar-refractivity contribution >= 4 is 21.8 Å². The van der Waals surface area contributed by atoms with Crippen molar-refractivity contribution in [3.63, 3.8) is 0 Å². The third kappa shape index (κ3) is 3.08. The van der Waals surface area contributed by atoms with Gasteiger partial charge in [-0.05, 0) is 44.1 Å². The average molecular weight is 336 g/mol. The number of piperidine rings is 1. The first-order valence-corrected chi connectivity index (χ1v) is 8.65. The molecule has 2 fully saturated rings. The van der Waals surface area contributed by atoms with E-state index in [-0.39, 0.29) is 0 Å². The van der Waals surface area contributed by atoms with Crippen molar-refractivity contribution in [2.24, 2.45) is 0 Å². The molecule has 0 N–H and O–H groups in total. The van der Waals surface area contributed by atoms with Gasteiger partial charge in [0.15, 0.2) is 0 Å². The van der Waals surface area contributed by atoms with E-state index in [2.05, 4.69) is 45.1 Å². The Bertz CT molecular complexity index is 447. The molecule has 1 amide bonds. The van der Waals surface area contributed by atoms with Crippen LogP contribution in [0.15, 0.2) is 30.3 Å². The Morgan fingerprint density at radius 1 is 1.15 bits per heavy atom. The Labute approximate surface area is 129 Å². The smallest absolute Gasteiger partial charge is 0.223 e. The maximum Gasteiger partial charge on any atom is 0.223 e. The van der Waals surface area contributed by atoms with Crippen LogP contribution < -0.4 is 0 Å². The monoisotopic (exact) mass is 335 g/mol. The van der Waals surface area contributed by atoms with Crippen LogP contribution in [0.3, 0.4) is 0 Å². The number of alkyl halides is 1. The first-order chi connectivity index (χ1) is 9.74. The van der Waals surface area contributed by atoms with Crippen molar-refractivity contribution in [3.05, 3.63) is 35.9 Å². The highest BCUT2D eigenvalue weighted by molar-refractivity contribution is 9.09. The Kier molecular flexibility index (Phi) is 4.45. The number of amides is 1. The van der Waals surface area contributed by atoms with E-state index in [4.69, 9.17) is 0 Å². The highest BCUT2D eigenvalue weighted by Gasteiger charge is 2.41. The largest absolute Gasteiger partial charge is 0.337 e. The second kappa shape index (κ2) is 6.30. The van der Waals surface area contributed by atoms with Gasteiger partial charge in [0, 0.05) is 23.3 Å². The standard InChI is InChI=1S/C17H22BrNO/c18-14-11-15-9-10-16(12-14)19(15)17(20)8-4-7-13-5-2-1-3-6-13/h1-3,5-6,14-16H,4,7-12H2. The Hall–Kier alpha value is -0.830. The summed E-state index contributed by atoms with van der Waals surface area (Å²) < 4.78 is 0. The summed E-state index contributed by atoms with van der Waals surface area (Å²) in [7, 11) is 0. The molecule has 2 nitrogen and oxygen atoms in total. The average Bonchev–Trinajstić information content (AvgIpc) is 2.72. The molecule has 2 bridgehead atoms. The van der Waals surface area contributed by atoms with Gasteiger partial charge in [-0.2, -0.15) is 0 Å². The van der Waals surface area contributed by atoms with E-state index in [1.807, 2.05) is 6.07 Å². The number of carbonyl (C=O) groups is 1. The molecule has 3 heteroatoms. The summed E-state index contributed by atoms with van der Waals surface area (Å²) in [4.78, 5) is 15.3. The van der Waals surface area contributed by atoms with Crippen LogP contribution in [0, 0.1) is 0 Å². The summed E-state index contributed by atoms with van der Waals surface area (Å²) in [5.41, 5.74) is 1.34. The number of carbonyl (C=O) groups excluding carboxylic acids is 1. The van der Waals surface area contributed by atoms with Gasteiger partial charge in [-0.25, -0.2) is 0 Å². The zero-order valence-corrected chi connectivity index (χ0v) is 13.4. The van der Waals surface area contributed by atoms with Gasteiger partial charge in [-0.1, -0.05) is 46.3 Å². The van der Waals surface area contributed by atoms with Gasteiger partial charge in [-0.3, -0.25) is 4.79 Å². The normalized spacial score (nSPS) is 28.6. The molecule has 2 unspecified atom stereocenters. The summed E-state index contributed by atoms with van der Waals surface area (Å²) in [6.45, 7) is 0. The van der Waals surface area contributed by atoms with Gasteiger partial charge in [0.1, 0.15) is 0 Å². The van der Waals surface area contributed by atoms with E-state index in [1.54, 1.807) is 0 Å². The molecule has 3 rings (SSSR count). The van der Waals surface area contributed by atoms with Crippen molar-refractivity contribution < 1.29 is 4.79 Å². The minimum atomic E-state index is 0.382. The molecule has 20 heavy (non-hydrogen) atoms. The SMILES string of the molecule is O=C(CCCc1ccccc1)N1C2CCC1CC(Br)C2. The fourth-order valence-corrected chi connectivity index (χ4v) is 4.60. The van der Waals surface area contributed by atoms with E-state index < -0.39 is 0 Å². The number of hydrogen-bond acceptors (Lipinski definition) is 1. The van der Waals surface area contributed by atoms with Crippen molar-refractivity contribution in [1.29, 1.82) is 0 Å². The lowest BCUT2D eigenvalue weighted by molar-refractivity contribution is -0.135. The summed E-state index contributed by atoms with van der Waals surface area (Å²) in [6, 6.07) is 11.5. The first-order valence-electron chi connectivity index (χ1n) is 7.73. The Morgan fingerprint density at radius 2 is 1.80 bits per heavy atom. The second-order valence-corrected chi connectivity index (χ2v) is 7.39. The van der Waals surface area contributed by atoms with Gasteiger partial charge >= 0.3 is 0 Å². The predicted molar refractivity (Wildman–Crippen MR) is 85.0 cm³/mol. The molecule has 108 valence electrons. The van der Waals surface area contributed by atoms with E-state index in [0.29, 0.717) is 29.2 Å². The number of fused-ring (bicyclic) bond motifs is 2. The van der Waals surface area contributed by atoms with E-state index in [1.165, 1.54) is 18.4 Å². The van der Waals surface area contributed by atoms with Crippen LogP contribution in [0.2, 0.25) is 0 Å². The maximum atomic E-state index is 12.5. The lowest BCUT2D eigenvalue weighted by Gasteiger charge is -2.37. The zero-order chi connectivity index (χ0) is 13.9. The molecule has 0 aromatic heterocycles. The summed E-state index contributed by atoms with van der Waals surface area (Å²) in [6.07, 6.45) is 7.37. The molecule has 2 atom stereocenters. The van der Waals surface area contributed by atoms with Gasteiger partial charge in [-0.15, -0.1) is 0 Å². The molecular formula is C17H22BrNO. The number of halogens is 1. The van der Waals surface area contributed by atoms with Crippen LogP contribution in [0.4, 0.5) is 0 Å². The molecule has 2 heterocycles. The molecule has 2 saturated heterocycles. The van der Waals surface area contributed by atoms with Crippen LogP contribution in [-0.2, 0) is 11.2 Å². The van der Waals surface area contributed by atoms with Crippen LogP contribution in [0.1, 0.15) is 44.1 Å². The summed E-state index contributed by atoms with van der Waals surface area (Å²) in [5, 5.41) is 0. The number of rotatable bonds is 4. The lowest BCUT2D eigenvalue weighted by Crippen LogP contribution is -2.46. The summed E-state index contributed by atoms with van der Waals surface area (Å²) >= 11 is 3.73. The summed E-state index contributed by atoms with van der Waals surface area (Å²) in [5.74, 6) is 0.382. The van der Waals surface area contributed by atoms with Crippen molar-refractivity contribution in [2.45, 2.75) is 61.9 Å². The van der Waals surface area contributed by atoms with Crippen LogP contribution >= 0.6 is 15.9 Å². The van der Waals surface area contributed by atoms with E-state index in [0.717, 1.165) is 25.7 Å². The third-order valence-electron chi connectivity index (χ3n) is 4.66. The topological polar surface area (TPSA) is 20.3 Å². The number of hydrogen-bond donors (Lipinski definition) is 0. The minimum absolute atomic E-state index is 0.382. The fraction of sp³-hybridized carbons (Fsp3) is 0.588. The molecule has 2 aliphatic heterocycles. The van der Waals surface area contributed by atoms with Gasteiger partial charge in [0.25, 0.3) is 0 Å². The lowest BCUT2D eigenvalue weighted by atomic mass is 10.0. The van der Waals surface area contributed by atoms with Crippen molar-refractivity contribution in [2.75, 3.05) is 0 Å². The fourth-order valence-electron chi connectivity index (χ4n) is 3.74. The highest BCUT2D eigenvalue weighted by atomic mass is 79.9. The molecule has 2 aliphatic rings. The van der Waals surface area contributed by atoms with Gasteiger partial charge in [0.05, 0.1) is 0 Å². The zero-order valence-electron chi connectivity index (χ0n) is 11.8. The quantitative estimate of drug-likeness (QED) is 0.763. The molecule has 0 saturated carbocycles.